The van der Waals surface area contributed by atoms with Gasteiger partial charge in [-0.3, -0.25) is 19.4 Å². The predicted molar refractivity (Wildman–Crippen MR) is 139 cm³/mol. The number of hydrogen-bond donors (Lipinski definition) is 1. The quantitative estimate of drug-likeness (QED) is 0.522. The third kappa shape index (κ3) is 4.32. The number of anilines is 2. The van der Waals surface area contributed by atoms with Crippen molar-refractivity contribution in [3.05, 3.63) is 83.9 Å². The second-order valence-corrected chi connectivity index (χ2v) is 9.65. The summed E-state index contributed by atoms with van der Waals surface area (Å²) in [5, 5.41) is 11.7. The number of fused-ring (bicyclic) bond motifs is 2. The summed E-state index contributed by atoms with van der Waals surface area (Å²) in [6.07, 6.45) is -0.346. The maximum atomic E-state index is 13.7. The van der Waals surface area contributed by atoms with Crippen molar-refractivity contribution in [2.75, 3.05) is 55.9 Å². The highest BCUT2D eigenvalue weighted by molar-refractivity contribution is 6.10. The Kier molecular flexibility index (Phi) is 6.06. The van der Waals surface area contributed by atoms with Crippen LogP contribution in [-0.2, 0) is 10.4 Å². The first kappa shape index (κ1) is 23.5. The van der Waals surface area contributed by atoms with Crippen LogP contribution in [0.15, 0.2) is 72.8 Å². The van der Waals surface area contributed by atoms with Gasteiger partial charge in [-0.05, 0) is 36.4 Å². The molecule has 1 fully saturated rings. The molecule has 190 valence electrons. The molecule has 6 rings (SSSR count). The summed E-state index contributed by atoms with van der Waals surface area (Å²) in [6.45, 7) is 4.50. The molecule has 0 bridgehead atoms. The summed E-state index contributed by atoms with van der Waals surface area (Å²) < 4.78 is 11.1. The smallest absolute Gasteiger partial charge is 0.265 e. The SMILES string of the molecule is O=C(CC1(O)C(=O)N(CN2CCN(c3ccccc3)CC2)c2ccccc21)c1ccc2c(c1)OCCO2. The van der Waals surface area contributed by atoms with Crippen LogP contribution in [0.3, 0.4) is 0 Å². The monoisotopic (exact) mass is 499 g/mol. The summed E-state index contributed by atoms with van der Waals surface area (Å²) in [6, 6.07) is 22.5. The predicted octanol–water partition coefficient (Wildman–Crippen LogP) is 3.04. The van der Waals surface area contributed by atoms with Gasteiger partial charge in [-0.25, -0.2) is 0 Å². The van der Waals surface area contributed by atoms with Gasteiger partial charge in [0.25, 0.3) is 5.91 Å². The molecule has 8 heteroatoms. The van der Waals surface area contributed by atoms with Gasteiger partial charge in [-0.2, -0.15) is 0 Å². The molecule has 1 atom stereocenters. The topological polar surface area (TPSA) is 82.6 Å². The van der Waals surface area contributed by atoms with Gasteiger partial charge in [-0.1, -0.05) is 36.4 Å². The van der Waals surface area contributed by atoms with Crippen molar-refractivity contribution in [2.45, 2.75) is 12.0 Å². The van der Waals surface area contributed by atoms with Crippen LogP contribution in [0.2, 0.25) is 0 Å². The highest BCUT2D eigenvalue weighted by Gasteiger charge is 2.51. The van der Waals surface area contributed by atoms with E-state index in [1.54, 1.807) is 35.2 Å². The van der Waals surface area contributed by atoms with Crippen molar-refractivity contribution < 1.29 is 24.2 Å². The van der Waals surface area contributed by atoms with Crippen LogP contribution in [0.5, 0.6) is 11.5 Å². The van der Waals surface area contributed by atoms with Gasteiger partial charge < -0.3 is 19.5 Å². The molecule has 3 aromatic carbocycles. The number of para-hydroxylation sites is 2. The third-order valence-electron chi connectivity index (χ3n) is 7.35. The van der Waals surface area contributed by atoms with Gasteiger partial charge in [0.15, 0.2) is 22.9 Å². The number of rotatable bonds is 6. The van der Waals surface area contributed by atoms with Crippen molar-refractivity contribution in [3.63, 3.8) is 0 Å². The minimum atomic E-state index is -1.92. The lowest BCUT2D eigenvalue weighted by molar-refractivity contribution is -0.136. The molecule has 0 aliphatic carbocycles. The zero-order valence-electron chi connectivity index (χ0n) is 20.5. The summed E-state index contributed by atoms with van der Waals surface area (Å²) in [5.74, 6) is 0.284. The summed E-state index contributed by atoms with van der Waals surface area (Å²) in [4.78, 5) is 33.1. The Hall–Kier alpha value is -3.88. The molecular weight excluding hydrogens is 470 g/mol. The number of carbonyl (C=O) groups is 2. The van der Waals surface area contributed by atoms with E-state index >= 15 is 0 Å². The van der Waals surface area contributed by atoms with Gasteiger partial charge in [0.2, 0.25) is 0 Å². The zero-order chi connectivity index (χ0) is 25.4. The van der Waals surface area contributed by atoms with Crippen LogP contribution in [-0.4, -0.2) is 67.8 Å². The minimum Gasteiger partial charge on any atom is -0.486 e. The molecular formula is C29H29N3O5. The van der Waals surface area contributed by atoms with Gasteiger partial charge in [0.05, 0.1) is 18.8 Å². The first-order chi connectivity index (χ1) is 18.0. The van der Waals surface area contributed by atoms with Crippen LogP contribution in [0.1, 0.15) is 22.3 Å². The van der Waals surface area contributed by atoms with Crippen LogP contribution in [0.4, 0.5) is 11.4 Å². The van der Waals surface area contributed by atoms with Crippen LogP contribution in [0.25, 0.3) is 0 Å². The van der Waals surface area contributed by atoms with E-state index in [0.717, 1.165) is 26.2 Å². The molecule has 3 aliphatic rings. The lowest BCUT2D eigenvalue weighted by Crippen LogP contribution is -2.52. The van der Waals surface area contributed by atoms with Crippen LogP contribution >= 0.6 is 0 Å². The summed E-state index contributed by atoms with van der Waals surface area (Å²) in [5.41, 5.74) is 0.756. The average Bonchev–Trinajstić information content (AvgIpc) is 3.15. The Bertz CT molecular complexity index is 1320. The second kappa shape index (κ2) is 9.53. The van der Waals surface area contributed by atoms with Crippen molar-refractivity contribution in [1.82, 2.24) is 4.90 Å². The molecule has 1 unspecified atom stereocenters. The maximum Gasteiger partial charge on any atom is 0.265 e. The van der Waals surface area contributed by atoms with E-state index in [-0.39, 0.29) is 12.2 Å². The number of ether oxygens (including phenoxy) is 2. The molecule has 1 N–H and O–H groups in total. The van der Waals surface area contributed by atoms with E-state index in [0.29, 0.717) is 48.2 Å². The number of hydrogen-bond acceptors (Lipinski definition) is 7. The average molecular weight is 500 g/mol. The summed E-state index contributed by atoms with van der Waals surface area (Å²) in [7, 11) is 0. The number of amides is 1. The number of Topliss-reactive ketones (excluding diaryl/α,β-unsaturated/α-hetero) is 1. The Morgan fingerprint density at radius 1 is 0.865 bits per heavy atom. The van der Waals surface area contributed by atoms with E-state index in [1.807, 2.05) is 30.3 Å². The maximum absolute atomic E-state index is 13.7. The molecule has 3 aromatic rings. The fourth-order valence-corrected chi connectivity index (χ4v) is 5.36. The molecule has 1 saturated heterocycles. The number of nitrogens with zero attached hydrogens (tertiary/aromatic N) is 3. The van der Waals surface area contributed by atoms with E-state index in [2.05, 4.69) is 21.9 Å². The van der Waals surface area contributed by atoms with E-state index < -0.39 is 11.5 Å². The van der Waals surface area contributed by atoms with E-state index in [4.69, 9.17) is 9.47 Å². The summed E-state index contributed by atoms with van der Waals surface area (Å²) >= 11 is 0. The fraction of sp³-hybridized carbons (Fsp3) is 0.310. The largest absolute Gasteiger partial charge is 0.486 e. The van der Waals surface area contributed by atoms with E-state index in [1.165, 1.54) is 5.69 Å². The Morgan fingerprint density at radius 2 is 1.57 bits per heavy atom. The Balaban J connectivity index is 1.18. The lowest BCUT2D eigenvalue weighted by Gasteiger charge is -2.38. The first-order valence-corrected chi connectivity index (χ1v) is 12.6. The Morgan fingerprint density at radius 3 is 2.35 bits per heavy atom. The van der Waals surface area contributed by atoms with Gasteiger partial charge in [0.1, 0.15) is 13.2 Å². The molecule has 0 spiro atoms. The molecule has 37 heavy (non-hydrogen) atoms. The number of benzene rings is 3. The molecule has 3 aliphatic heterocycles. The number of carbonyl (C=O) groups excluding carboxylic acids is 2. The molecule has 3 heterocycles. The number of ketones is 1. The molecule has 1 amide bonds. The van der Waals surface area contributed by atoms with Gasteiger partial charge in [-0.15, -0.1) is 0 Å². The second-order valence-electron chi connectivity index (χ2n) is 9.65. The first-order valence-electron chi connectivity index (χ1n) is 12.6. The normalized spacial score (nSPS) is 21.2. The van der Waals surface area contributed by atoms with Gasteiger partial charge in [0, 0.05) is 43.0 Å². The molecule has 0 radical (unpaired) electrons. The molecule has 8 nitrogen and oxygen atoms in total. The highest BCUT2D eigenvalue weighted by atomic mass is 16.6. The number of piperazine rings is 1. The molecule has 0 aromatic heterocycles. The fourth-order valence-electron chi connectivity index (χ4n) is 5.36. The van der Waals surface area contributed by atoms with Crippen molar-refractivity contribution >= 4 is 23.1 Å². The van der Waals surface area contributed by atoms with E-state index in [9.17, 15) is 14.7 Å². The standard InChI is InChI=1S/C29H29N3O5/c33-25(21-10-11-26-27(18-21)37-17-16-36-26)19-29(35)23-8-4-5-9-24(23)32(28(29)34)20-30-12-14-31(15-13-30)22-6-2-1-3-7-22/h1-11,18,35H,12-17,19-20H2. The third-order valence-corrected chi connectivity index (χ3v) is 7.35. The highest BCUT2D eigenvalue weighted by Crippen LogP contribution is 2.43. The van der Waals surface area contributed by atoms with Crippen molar-refractivity contribution in [3.8, 4) is 11.5 Å². The Labute approximate surface area is 215 Å². The molecule has 0 saturated carbocycles. The van der Waals surface area contributed by atoms with Crippen molar-refractivity contribution in [2.24, 2.45) is 0 Å². The van der Waals surface area contributed by atoms with Crippen LogP contribution in [0, 0.1) is 0 Å². The number of aliphatic hydroxyl groups is 1. The minimum absolute atomic E-state index is 0.332. The van der Waals surface area contributed by atoms with Crippen LogP contribution < -0.4 is 19.3 Å². The lowest BCUT2D eigenvalue weighted by atomic mass is 9.88. The van der Waals surface area contributed by atoms with Gasteiger partial charge >= 0.3 is 0 Å². The van der Waals surface area contributed by atoms with Crippen molar-refractivity contribution in [1.29, 1.82) is 0 Å². The zero-order valence-corrected chi connectivity index (χ0v) is 20.5.